The normalized spacial score (nSPS) is 36.1. The molecule has 0 spiro atoms. The van der Waals surface area contributed by atoms with Crippen molar-refractivity contribution in [3.63, 3.8) is 0 Å². The molecule has 6 unspecified atom stereocenters. The fourth-order valence-electron chi connectivity index (χ4n) is 11.4. The van der Waals surface area contributed by atoms with Crippen molar-refractivity contribution in [2.75, 3.05) is 46.0 Å². The summed E-state index contributed by atoms with van der Waals surface area (Å²) in [6, 6.07) is 0. The maximum atomic E-state index is 12.9. The first-order valence-corrected chi connectivity index (χ1v) is 21.0. The van der Waals surface area contributed by atoms with Gasteiger partial charge in [0.25, 0.3) is 0 Å². The molecule has 0 heterocycles. The lowest BCUT2D eigenvalue weighted by Gasteiger charge is -2.65. The van der Waals surface area contributed by atoms with E-state index in [0.717, 1.165) is 84.2 Å². The molecule has 11 atom stereocenters. The first-order chi connectivity index (χ1) is 23.7. The lowest BCUT2D eigenvalue weighted by molar-refractivity contribution is -0.227. The van der Waals surface area contributed by atoms with Crippen molar-refractivity contribution in [2.45, 2.75) is 162 Å². The summed E-state index contributed by atoms with van der Waals surface area (Å²) in [5, 5.41) is 3.23. The Labute approximate surface area is 300 Å². The summed E-state index contributed by atoms with van der Waals surface area (Å²) in [7, 11) is 0. The standard InChI is InChI=1S/C41H78N4O4/c1-5-6-7-8-9-10-23-45-38(46)17-14-30(2)33-15-16-34-39-35(29-37(41(33,34)4)49-26-13-22-44)40(3)19-18-32(47-24-11-20-42)27-31(40)28-36(39)48-25-12-21-43/h30-37,39H,5-29,42-44H2,1-4H3,(H,45,46)/t30-,31?,32?,33?,34+,35+,36-,37+,39?,40?,41?/m1/s1. The molecule has 8 heteroatoms. The molecule has 0 bridgehead atoms. The van der Waals surface area contributed by atoms with E-state index in [0.29, 0.717) is 67.7 Å². The van der Waals surface area contributed by atoms with E-state index in [1.54, 1.807) is 0 Å². The fraction of sp³-hybridized carbons (Fsp3) is 0.976. The van der Waals surface area contributed by atoms with Gasteiger partial charge in [-0.3, -0.25) is 4.79 Å². The van der Waals surface area contributed by atoms with Gasteiger partial charge in [0.1, 0.15) is 0 Å². The number of hydrogen-bond acceptors (Lipinski definition) is 7. The van der Waals surface area contributed by atoms with Gasteiger partial charge in [0, 0.05) is 38.2 Å². The highest BCUT2D eigenvalue weighted by Crippen LogP contribution is 2.69. The van der Waals surface area contributed by atoms with E-state index < -0.39 is 0 Å². The third-order valence-corrected chi connectivity index (χ3v) is 14.2. The first-order valence-electron chi connectivity index (χ1n) is 21.0. The molecule has 7 N–H and O–H groups in total. The average Bonchev–Trinajstić information content (AvgIpc) is 3.45. The quantitative estimate of drug-likeness (QED) is 0.0852. The van der Waals surface area contributed by atoms with Crippen LogP contribution in [0, 0.1) is 46.3 Å². The first kappa shape index (κ1) is 41.0. The van der Waals surface area contributed by atoms with Crippen molar-refractivity contribution < 1.29 is 19.0 Å². The number of nitrogens with one attached hydrogen (secondary N) is 1. The highest BCUT2D eigenvalue weighted by molar-refractivity contribution is 5.75. The van der Waals surface area contributed by atoms with E-state index >= 15 is 0 Å². The van der Waals surface area contributed by atoms with Crippen LogP contribution in [-0.4, -0.2) is 70.2 Å². The van der Waals surface area contributed by atoms with Gasteiger partial charge >= 0.3 is 0 Å². The molecule has 0 saturated heterocycles. The Hall–Kier alpha value is -0.770. The monoisotopic (exact) mass is 691 g/mol. The maximum absolute atomic E-state index is 12.9. The maximum Gasteiger partial charge on any atom is 0.220 e. The molecule has 4 aliphatic carbocycles. The zero-order chi connectivity index (χ0) is 35.3. The molecule has 0 aliphatic heterocycles. The zero-order valence-corrected chi connectivity index (χ0v) is 32.2. The number of amides is 1. The van der Waals surface area contributed by atoms with Crippen molar-refractivity contribution in [1.82, 2.24) is 5.32 Å². The summed E-state index contributed by atoms with van der Waals surface area (Å²) in [5.74, 6) is 3.48. The number of fused-ring (bicyclic) bond motifs is 5. The summed E-state index contributed by atoms with van der Waals surface area (Å²) < 4.78 is 20.3. The molecule has 4 rings (SSSR count). The van der Waals surface area contributed by atoms with Crippen molar-refractivity contribution in [3.8, 4) is 0 Å². The van der Waals surface area contributed by atoms with Gasteiger partial charge in [-0.05, 0) is 138 Å². The van der Waals surface area contributed by atoms with Crippen molar-refractivity contribution in [1.29, 1.82) is 0 Å². The molecule has 0 aromatic heterocycles. The van der Waals surface area contributed by atoms with Crippen molar-refractivity contribution >= 4 is 5.91 Å². The second-order valence-corrected chi connectivity index (χ2v) is 17.1. The summed E-state index contributed by atoms with van der Waals surface area (Å²) in [5.41, 5.74) is 18.1. The minimum Gasteiger partial charge on any atom is -0.378 e. The molecule has 8 nitrogen and oxygen atoms in total. The molecule has 4 fully saturated rings. The molecule has 286 valence electrons. The molecule has 49 heavy (non-hydrogen) atoms. The van der Waals surface area contributed by atoms with E-state index in [1.807, 2.05) is 0 Å². The lowest BCUT2D eigenvalue weighted by Crippen LogP contribution is -2.63. The molecule has 4 aliphatic rings. The van der Waals surface area contributed by atoms with Gasteiger partial charge in [-0.15, -0.1) is 0 Å². The molecule has 0 aromatic rings. The second-order valence-electron chi connectivity index (χ2n) is 17.1. The van der Waals surface area contributed by atoms with Gasteiger partial charge in [-0.25, -0.2) is 0 Å². The van der Waals surface area contributed by atoms with E-state index in [-0.39, 0.29) is 28.9 Å². The van der Waals surface area contributed by atoms with Crippen LogP contribution in [0.15, 0.2) is 0 Å². The highest BCUT2D eigenvalue weighted by Gasteiger charge is 2.66. The zero-order valence-electron chi connectivity index (χ0n) is 32.2. The molecular weight excluding hydrogens is 612 g/mol. The Balaban J connectivity index is 1.49. The van der Waals surface area contributed by atoms with Crippen molar-refractivity contribution in [3.05, 3.63) is 0 Å². The predicted molar refractivity (Wildman–Crippen MR) is 201 cm³/mol. The Morgan fingerprint density at radius 1 is 0.796 bits per heavy atom. The van der Waals surface area contributed by atoms with E-state index in [2.05, 4.69) is 33.0 Å². The fourth-order valence-corrected chi connectivity index (χ4v) is 11.4. The van der Waals surface area contributed by atoms with Crippen molar-refractivity contribution in [2.24, 2.45) is 63.5 Å². The van der Waals surface area contributed by atoms with E-state index in [4.69, 9.17) is 31.4 Å². The van der Waals surface area contributed by atoms with Crippen LogP contribution in [0.4, 0.5) is 0 Å². The smallest absolute Gasteiger partial charge is 0.220 e. The van der Waals surface area contributed by atoms with Crippen LogP contribution < -0.4 is 22.5 Å². The summed E-state index contributed by atoms with van der Waals surface area (Å²) in [6.07, 6.45) is 20.8. The van der Waals surface area contributed by atoms with Gasteiger partial charge in [-0.2, -0.15) is 0 Å². The summed E-state index contributed by atoms with van der Waals surface area (Å²) in [6.45, 7) is 14.9. The largest absolute Gasteiger partial charge is 0.378 e. The molecule has 0 radical (unpaired) electrons. The number of carbonyl (C=O) groups is 1. The summed E-state index contributed by atoms with van der Waals surface area (Å²) >= 11 is 0. The van der Waals surface area contributed by atoms with Crippen LogP contribution in [0.1, 0.15) is 143 Å². The average molecular weight is 691 g/mol. The number of nitrogens with two attached hydrogens (primary N) is 3. The van der Waals surface area contributed by atoms with Gasteiger partial charge in [0.2, 0.25) is 5.91 Å². The van der Waals surface area contributed by atoms with Gasteiger partial charge in [0.15, 0.2) is 0 Å². The van der Waals surface area contributed by atoms with E-state index in [9.17, 15) is 4.79 Å². The van der Waals surface area contributed by atoms with Crippen LogP contribution >= 0.6 is 0 Å². The highest BCUT2D eigenvalue weighted by atomic mass is 16.5. The lowest BCUT2D eigenvalue weighted by atomic mass is 9.43. The predicted octanol–water partition coefficient (Wildman–Crippen LogP) is 6.96. The Morgan fingerprint density at radius 3 is 2.18 bits per heavy atom. The third kappa shape index (κ3) is 10.2. The molecule has 4 saturated carbocycles. The van der Waals surface area contributed by atoms with Gasteiger partial charge in [0.05, 0.1) is 18.3 Å². The van der Waals surface area contributed by atoms with Crippen LogP contribution in [-0.2, 0) is 19.0 Å². The number of carbonyl (C=O) groups excluding carboxylic acids is 1. The van der Waals surface area contributed by atoms with Crippen LogP contribution in [0.5, 0.6) is 0 Å². The van der Waals surface area contributed by atoms with Gasteiger partial charge in [-0.1, -0.05) is 59.8 Å². The summed E-state index contributed by atoms with van der Waals surface area (Å²) in [4.78, 5) is 12.9. The van der Waals surface area contributed by atoms with E-state index in [1.165, 1.54) is 51.4 Å². The number of hydrogen-bond donors (Lipinski definition) is 4. The number of ether oxygens (including phenoxy) is 3. The van der Waals surface area contributed by atoms with Crippen LogP contribution in [0.2, 0.25) is 0 Å². The SMILES string of the molecule is CCCCCCCCNC(=O)CC[C@@H](C)C1CC[C@H]2C3[C@H](OCCCN)CC4CC(OCCCN)CCC4(C)[C@H]3C[C@H](OCCCN)C12C. The molecule has 1 amide bonds. The van der Waals surface area contributed by atoms with Crippen LogP contribution in [0.3, 0.4) is 0 Å². The minimum absolute atomic E-state index is 0.0609. The Kier molecular flexibility index (Phi) is 17.1. The Bertz CT molecular complexity index is 954. The number of rotatable bonds is 23. The third-order valence-electron chi connectivity index (χ3n) is 14.2. The molecular formula is C41H78N4O4. The minimum atomic E-state index is 0.0609. The Morgan fingerprint density at radius 2 is 1.47 bits per heavy atom. The number of unbranched alkanes of at least 4 members (excludes halogenated alkanes) is 5. The molecule has 0 aromatic carbocycles. The van der Waals surface area contributed by atoms with Gasteiger partial charge < -0.3 is 36.7 Å². The second kappa shape index (κ2) is 20.5. The topological polar surface area (TPSA) is 135 Å². The van der Waals surface area contributed by atoms with Crippen LogP contribution in [0.25, 0.3) is 0 Å².